The third kappa shape index (κ3) is 3.03. The summed E-state index contributed by atoms with van der Waals surface area (Å²) in [5.74, 6) is 0. The van der Waals surface area contributed by atoms with Crippen molar-refractivity contribution >= 4 is 0 Å². The third-order valence-electron chi connectivity index (χ3n) is 0.171. The lowest BCUT2D eigenvalue weighted by molar-refractivity contribution is 1.51. The van der Waals surface area contributed by atoms with E-state index in [0.29, 0.717) is 0 Å². The minimum atomic E-state index is 1.19. The summed E-state index contributed by atoms with van der Waals surface area (Å²) in [6.07, 6.45) is 2.40. The molecule has 0 rings (SSSR count). The highest BCUT2D eigenvalue weighted by Gasteiger charge is 1.45. The summed E-state index contributed by atoms with van der Waals surface area (Å²) in [6.45, 7) is 0. The van der Waals surface area contributed by atoms with E-state index < -0.39 is 0 Å². The van der Waals surface area contributed by atoms with Gasteiger partial charge in [0.1, 0.15) is 0 Å². The average Bonchev–Trinajstić information content (AvgIpc) is 1.41. The maximum absolute atomic E-state index is 7.65. The largest absolute Gasteiger partial charge is 0.404 e. The highest BCUT2D eigenvalue weighted by atomic mass is 14.5. The molecule has 0 atom stereocenters. The molecule has 0 spiro atoms. The van der Waals surface area contributed by atoms with Gasteiger partial charge < -0.3 is 5.73 Å². The van der Waals surface area contributed by atoms with Crippen LogP contribution in [0.15, 0.2) is 12.3 Å². The molecule has 2 N–H and O–H groups in total. The molecule has 0 aromatic carbocycles. The van der Waals surface area contributed by atoms with Crippen LogP contribution in [0.4, 0.5) is 0 Å². The Balaban J connectivity index is 3.04. The number of nitriles is 1. The summed E-state index contributed by atoms with van der Waals surface area (Å²) < 4.78 is 0. The molecule has 5 heavy (non-hydrogen) atoms. The van der Waals surface area contributed by atoms with Gasteiger partial charge in [-0.05, 0) is 0 Å². The van der Waals surface area contributed by atoms with Gasteiger partial charge in [0.25, 0.3) is 0 Å². The van der Waals surface area contributed by atoms with E-state index in [4.69, 9.17) is 11.0 Å². The zero-order valence-corrected chi connectivity index (χ0v) is 2.68. The molecule has 0 saturated carbocycles. The third-order valence-corrected chi connectivity index (χ3v) is 0.171. The van der Waals surface area contributed by atoms with Crippen molar-refractivity contribution in [2.75, 3.05) is 0 Å². The van der Waals surface area contributed by atoms with Gasteiger partial charge in [-0.2, -0.15) is 5.26 Å². The Bertz CT molecular complexity index is 67.5. The quantitative estimate of drug-likeness (QED) is 0.405. The van der Waals surface area contributed by atoms with Crippen molar-refractivity contribution in [3.63, 3.8) is 0 Å². The SMILES string of the molecule is N#CC=CN. The zero-order chi connectivity index (χ0) is 4.12. The highest BCUT2D eigenvalue weighted by molar-refractivity contribution is 4.98. The van der Waals surface area contributed by atoms with Gasteiger partial charge in [0.15, 0.2) is 0 Å². The fraction of sp³-hybridized carbons (Fsp3) is 0. The molecule has 0 amide bonds. The van der Waals surface area contributed by atoms with Gasteiger partial charge in [-0.1, -0.05) is 0 Å². The Morgan fingerprint density at radius 3 is 2.40 bits per heavy atom. The first-order valence-corrected chi connectivity index (χ1v) is 1.18. The van der Waals surface area contributed by atoms with E-state index in [1.807, 2.05) is 0 Å². The van der Waals surface area contributed by atoms with Crippen LogP contribution < -0.4 is 5.73 Å². The standard InChI is InChI=1S/C3H4N2/c4-2-1-3-5/h1-2H,4H2. The number of allylic oxidation sites excluding steroid dienone is 1. The van der Waals surface area contributed by atoms with Gasteiger partial charge in [0, 0.05) is 12.3 Å². The van der Waals surface area contributed by atoms with E-state index in [0.717, 1.165) is 0 Å². The lowest BCUT2D eigenvalue weighted by atomic mass is 10.7. The molecule has 0 aromatic heterocycles. The number of rotatable bonds is 0. The molecule has 2 nitrogen and oxygen atoms in total. The van der Waals surface area contributed by atoms with Gasteiger partial charge in [-0.25, -0.2) is 0 Å². The first kappa shape index (κ1) is 4.03. The van der Waals surface area contributed by atoms with E-state index in [9.17, 15) is 0 Å². The van der Waals surface area contributed by atoms with Crippen LogP contribution in [0.25, 0.3) is 0 Å². The molecule has 0 radical (unpaired) electrons. The topological polar surface area (TPSA) is 49.8 Å². The molecule has 0 heterocycles. The molecule has 0 fully saturated rings. The molecule has 0 bridgehead atoms. The first-order chi connectivity index (χ1) is 2.41. The van der Waals surface area contributed by atoms with Gasteiger partial charge in [0.05, 0.1) is 6.07 Å². The lowest BCUT2D eigenvalue weighted by Gasteiger charge is -1.51. The lowest BCUT2D eigenvalue weighted by Crippen LogP contribution is -1.71. The van der Waals surface area contributed by atoms with Crippen LogP contribution in [-0.2, 0) is 0 Å². The zero-order valence-electron chi connectivity index (χ0n) is 2.68. The Kier molecular flexibility index (Phi) is 2.44. The smallest absolute Gasteiger partial charge is 0.0927 e. The van der Waals surface area contributed by atoms with Crippen molar-refractivity contribution in [2.45, 2.75) is 0 Å². The van der Waals surface area contributed by atoms with Crippen LogP contribution in [0.5, 0.6) is 0 Å². The van der Waals surface area contributed by atoms with Crippen molar-refractivity contribution in [2.24, 2.45) is 5.73 Å². The maximum Gasteiger partial charge on any atom is 0.0927 e. The summed E-state index contributed by atoms with van der Waals surface area (Å²) in [7, 11) is 0. The van der Waals surface area contributed by atoms with E-state index in [-0.39, 0.29) is 0 Å². The van der Waals surface area contributed by atoms with Crippen LogP contribution in [0, 0.1) is 11.3 Å². The Labute approximate surface area is 30.5 Å². The monoisotopic (exact) mass is 68.0 g/mol. The first-order valence-electron chi connectivity index (χ1n) is 1.18. The van der Waals surface area contributed by atoms with E-state index in [1.165, 1.54) is 12.3 Å². The van der Waals surface area contributed by atoms with Crippen molar-refractivity contribution < 1.29 is 0 Å². The number of nitrogens with two attached hydrogens (primary N) is 1. The Morgan fingerprint density at radius 2 is 2.40 bits per heavy atom. The summed E-state index contributed by atoms with van der Waals surface area (Å²) in [5, 5.41) is 7.65. The average molecular weight is 68.1 g/mol. The van der Waals surface area contributed by atoms with Crippen molar-refractivity contribution in [1.29, 1.82) is 5.26 Å². The predicted molar refractivity (Wildman–Crippen MR) is 18.9 cm³/mol. The summed E-state index contributed by atoms with van der Waals surface area (Å²) in [4.78, 5) is 0. The van der Waals surface area contributed by atoms with Crippen molar-refractivity contribution in [1.82, 2.24) is 0 Å². The van der Waals surface area contributed by atoms with E-state index in [2.05, 4.69) is 0 Å². The Morgan fingerprint density at radius 1 is 1.80 bits per heavy atom. The van der Waals surface area contributed by atoms with E-state index in [1.54, 1.807) is 6.07 Å². The molecular formula is C3H4N2. The van der Waals surface area contributed by atoms with Gasteiger partial charge in [-0.15, -0.1) is 0 Å². The fourth-order valence-electron chi connectivity index (χ4n) is 0.0430. The highest BCUT2D eigenvalue weighted by Crippen LogP contribution is 1.49. The van der Waals surface area contributed by atoms with Crippen LogP contribution >= 0.6 is 0 Å². The molecule has 0 aliphatic rings. The number of hydrogen-bond donors (Lipinski definition) is 1. The Hall–Kier alpha value is -0.970. The van der Waals surface area contributed by atoms with Crippen molar-refractivity contribution in [3.05, 3.63) is 12.3 Å². The minimum absolute atomic E-state index is 1.19. The minimum Gasteiger partial charge on any atom is -0.404 e. The second-order valence-electron chi connectivity index (χ2n) is 0.488. The van der Waals surface area contributed by atoms with Crippen molar-refractivity contribution in [3.8, 4) is 6.07 Å². The van der Waals surface area contributed by atoms with Crippen LogP contribution in [0.2, 0.25) is 0 Å². The van der Waals surface area contributed by atoms with Crippen LogP contribution in [0.1, 0.15) is 0 Å². The fourth-order valence-corrected chi connectivity index (χ4v) is 0.0430. The molecule has 26 valence electrons. The molecular weight excluding hydrogens is 64.0 g/mol. The van der Waals surface area contributed by atoms with Gasteiger partial charge in [0.2, 0.25) is 0 Å². The summed E-state index contributed by atoms with van der Waals surface area (Å²) in [6, 6.07) is 1.71. The van der Waals surface area contributed by atoms with Crippen LogP contribution in [0.3, 0.4) is 0 Å². The van der Waals surface area contributed by atoms with Crippen LogP contribution in [-0.4, -0.2) is 0 Å². The molecule has 0 unspecified atom stereocenters. The molecule has 0 saturated heterocycles. The number of hydrogen-bond acceptors (Lipinski definition) is 2. The van der Waals surface area contributed by atoms with E-state index >= 15 is 0 Å². The second kappa shape index (κ2) is 3.03. The number of nitrogens with zero attached hydrogens (tertiary/aromatic N) is 1. The normalized spacial score (nSPS) is 7.80. The van der Waals surface area contributed by atoms with Gasteiger partial charge >= 0.3 is 0 Å². The van der Waals surface area contributed by atoms with Gasteiger partial charge in [-0.3, -0.25) is 0 Å². The maximum atomic E-state index is 7.65. The predicted octanol–water partition coefficient (Wildman–Crippen LogP) is -0.0176. The summed E-state index contributed by atoms with van der Waals surface area (Å²) >= 11 is 0. The molecule has 0 aliphatic heterocycles. The second-order valence-corrected chi connectivity index (χ2v) is 0.488. The molecule has 0 aromatic rings. The molecule has 2 heteroatoms. The summed E-state index contributed by atoms with van der Waals surface area (Å²) in [5.41, 5.74) is 4.74. The molecule has 0 aliphatic carbocycles.